The maximum atomic E-state index is 13.5. The van der Waals surface area contributed by atoms with Crippen LogP contribution in [0.5, 0.6) is 5.88 Å². The third-order valence-electron chi connectivity index (χ3n) is 8.99. The number of hydrogen-bond donors (Lipinski definition) is 4. The number of benzene rings is 1. The van der Waals surface area contributed by atoms with Crippen LogP contribution in [-0.4, -0.2) is 82.0 Å². The van der Waals surface area contributed by atoms with Gasteiger partial charge in [0.15, 0.2) is 5.82 Å². The van der Waals surface area contributed by atoms with E-state index in [-0.39, 0.29) is 28.7 Å². The van der Waals surface area contributed by atoms with E-state index in [2.05, 4.69) is 31.2 Å². The predicted octanol–water partition coefficient (Wildman–Crippen LogP) is 3.97. The van der Waals surface area contributed by atoms with E-state index in [1.165, 1.54) is 0 Å². The normalized spacial score (nSPS) is 15.5. The molecule has 0 bridgehead atoms. The Hall–Kier alpha value is -4.56. The van der Waals surface area contributed by atoms with Crippen molar-refractivity contribution in [1.29, 1.82) is 0 Å². The van der Waals surface area contributed by atoms with Crippen LogP contribution in [0, 0.1) is 0 Å². The first-order valence-corrected chi connectivity index (χ1v) is 17.2. The van der Waals surface area contributed by atoms with Crippen LogP contribution in [-0.2, 0) is 36.1 Å². The zero-order valence-corrected chi connectivity index (χ0v) is 29.6. The van der Waals surface area contributed by atoms with Crippen molar-refractivity contribution < 1.29 is 19.1 Å². The monoisotopic (exact) mass is 719 g/mol. The fraction of sp³-hybridized carbons (Fsp3) is 0.371. The van der Waals surface area contributed by atoms with Crippen LogP contribution < -0.4 is 26.0 Å². The first kappa shape index (κ1) is 35.3. The molecule has 262 valence electrons. The van der Waals surface area contributed by atoms with Gasteiger partial charge in [-0.25, -0.2) is 9.97 Å². The van der Waals surface area contributed by atoms with Crippen molar-refractivity contribution >= 4 is 46.6 Å². The highest BCUT2D eigenvalue weighted by Crippen LogP contribution is 2.40. The number of rotatable bonds is 12. The van der Waals surface area contributed by atoms with Crippen LogP contribution >= 0.6 is 23.2 Å². The molecule has 1 unspecified atom stereocenters. The number of anilines is 1. The van der Waals surface area contributed by atoms with E-state index in [0.29, 0.717) is 96.8 Å². The van der Waals surface area contributed by atoms with Gasteiger partial charge in [-0.05, 0) is 31.7 Å². The number of methoxy groups -OCH3 is 1. The molecule has 0 saturated carbocycles. The topological polar surface area (TPSA) is 155 Å². The van der Waals surface area contributed by atoms with Gasteiger partial charge < -0.3 is 35.5 Å². The van der Waals surface area contributed by atoms with Crippen LogP contribution in [0.2, 0.25) is 10.0 Å². The summed E-state index contributed by atoms with van der Waals surface area (Å²) in [6.07, 6.45) is 4.01. The van der Waals surface area contributed by atoms with E-state index in [9.17, 15) is 14.4 Å². The van der Waals surface area contributed by atoms with Crippen molar-refractivity contribution in [2.75, 3.05) is 39.1 Å². The Balaban J connectivity index is 1.19. The number of carbonyl (C=O) groups excluding carboxylic acids is 3. The van der Waals surface area contributed by atoms with Gasteiger partial charge in [-0.2, -0.15) is 0 Å². The molecule has 15 heteroatoms. The number of pyridine rings is 2. The van der Waals surface area contributed by atoms with E-state index < -0.39 is 5.91 Å². The number of aromatic nitrogens is 4. The minimum atomic E-state index is -0.430. The van der Waals surface area contributed by atoms with Gasteiger partial charge in [0.2, 0.25) is 17.7 Å². The van der Waals surface area contributed by atoms with Crippen LogP contribution in [0.1, 0.15) is 46.8 Å². The number of hydrogen-bond acceptors (Lipinski definition) is 9. The molecule has 50 heavy (non-hydrogen) atoms. The van der Waals surface area contributed by atoms with E-state index >= 15 is 0 Å². The molecular weight excluding hydrogens is 681 g/mol. The Morgan fingerprint density at radius 2 is 1.92 bits per heavy atom. The number of nitrogens with one attached hydrogen (secondary N) is 4. The van der Waals surface area contributed by atoms with Crippen molar-refractivity contribution in [3.8, 4) is 28.4 Å². The highest BCUT2D eigenvalue weighted by atomic mass is 35.5. The fourth-order valence-corrected chi connectivity index (χ4v) is 6.87. The summed E-state index contributed by atoms with van der Waals surface area (Å²) in [4.78, 5) is 53.3. The molecule has 6 rings (SSSR count). The number of ether oxygens (including phenoxy) is 1. The second kappa shape index (κ2) is 15.5. The van der Waals surface area contributed by atoms with Crippen LogP contribution in [0.25, 0.3) is 22.5 Å². The van der Waals surface area contributed by atoms with Gasteiger partial charge in [0.25, 0.3) is 5.91 Å². The maximum absolute atomic E-state index is 13.5. The van der Waals surface area contributed by atoms with Crippen molar-refractivity contribution in [2.24, 2.45) is 7.05 Å². The standard InChI is InChI=1S/C35H39Cl2N9O4/c1-38-14-12-29(48)46-16-13-27-26(19-46)42-33(45(27)2)34(49)43-25-6-4-5-23(30(25)36)32-31(37)22(11-15-40-32)24-9-7-20(35(44-24)50-3)17-39-18-21-8-10-28(47)41-21/h4-7,9,11,15,21,38-39H,8,10,12-14,16-19H2,1-3H3,(H,41,47)(H,43,49). The predicted molar refractivity (Wildman–Crippen MR) is 191 cm³/mol. The molecule has 2 aliphatic rings. The van der Waals surface area contributed by atoms with Crippen LogP contribution in [0.4, 0.5) is 5.69 Å². The molecule has 1 atom stereocenters. The number of amides is 3. The molecule has 3 aromatic heterocycles. The average Bonchev–Trinajstić information content (AvgIpc) is 3.69. The summed E-state index contributed by atoms with van der Waals surface area (Å²) in [5.74, 6) is 0.377. The molecule has 0 spiro atoms. The third-order valence-corrected chi connectivity index (χ3v) is 9.78. The van der Waals surface area contributed by atoms with E-state index in [1.807, 2.05) is 19.2 Å². The molecule has 3 amide bonds. The van der Waals surface area contributed by atoms with Crippen LogP contribution in [0.15, 0.2) is 42.6 Å². The van der Waals surface area contributed by atoms with Crippen molar-refractivity contribution in [2.45, 2.75) is 44.8 Å². The highest BCUT2D eigenvalue weighted by molar-refractivity contribution is 6.39. The van der Waals surface area contributed by atoms with Gasteiger partial charge in [0.1, 0.15) is 0 Å². The van der Waals surface area contributed by atoms with Crippen molar-refractivity contribution in [3.05, 3.63) is 75.4 Å². The Labute approximate surface area is 300 Å². The average molecular weight is 721 g/mol. The summed E-state index contributed by atoms with van der Waals surface area (Å²) in [6.45, 7) is 2.70. The molecule has 1 fully saturated rings. The first-order chi connectivity index (χ1) is 24.2. The second-order valence-electron chi connectivity index (χ2n) is 12.2. The lowest BCUT2D eigenvalue weighted by Gasteiger charge is -2.26. The van der Waals surface area contributed by atoms with E-state index in [1.54, 1.807) is 54.1 Å². The molecule has 1 aromatic carbocycles. The van der Waals surface area contributed by atoms with E-state index in [0.717, 1.165) is 17.7 Å². The summed E-state index contributed by atoms with van der Waals surface area (Å²) in [5.41, 5.74) is 5.04. The van der Waals surface area contributed by atoms with E-state index in [4.69, 9.17) is 32.9 Å². The number of nitrogens with zero attached hydrogens (tertiary/aromatic N) is 5. The van der Waals surface area contributed by atoms with Gasteiger partial charge in [0, 0.05) is 87.1 Å². The lowest BCUT2D eigenvalue weighted by Crippen LogP contribution is -2.37. The summed E-state index contributed by atoms with van der Waals surface area (Å²) >= 11 is 13.9. The number of fused-ring (bicyclic) bond motifs is 1. The van der Waals surface area contributed by atoms with Gasteiger partial charge in [-0.1, -0.05) is 41.4 Å². The van der Waals surface area contributed by atoms with Crippen molar-refractivity contribution in [1.82, 2.24) is 40.4 Å². The minimum Gasteiger partial charge on any atom is -0.481 e. The van der Waals surface area contributed by atoms with Crippen molar-refractivity contribution in [3.63, 3.8) is 0 Å². The molecule has 13 nitrogen and oxygen atoms in total. The zero-order chi connectivity index (χ0) is 35.4. The summed E-state index contributed by atoms with van der Waals surface area (Å²) in [5, 5.41) is 12.8. The summed E-state index contributed by atoms with van der Waals surface area (Å²) in [6, 6.07) is 10.9. The molecule has 4 aromatic rings. The van der Waals surface area contributed by atoms with Gasteiger partial charge in [0.05, 0.1) is 46.5 Å². The Morgan fingerprint density at radius 3 is 2.68 bits per heavy atom. The number of halogens is 2. The maximum Gasteiger partial charge on any atom is 0.291 e. The molecule has 0 radical (unpaired) electrons. The molecular formula is C35H39Cl2N9O4. The lowest BCUT2D eigenvalue weighted by atomic mass is 10.1. The van der Waals surface area contributed by atoms with Gasteiger partial charge in [-0.3, -0.25) is 19.4 Å². The van der Waals surface area contributed by atoms with Gasteiger partial charge in [-0.15, -0.1) is 0 Å². The Kier molecular flexibility index (Phi) is 11.0. The zero-order valence-electron chi connectivity index (χ0n) is 28.1. The fourth-order valence-electron chi connectivity index (χ4n) is 6.30. The largest absolute Gasteiger partial charge is 0.481 e. The minimum absolute atomic E-state index is 0.0500. The molecule has 4 N–H and O–H groups in total. The van der Waals surface area contributed by atoms with Gasteiger partial charge >= 0.3 is 0 Å². The molecule has 5 heterocycles. The number of imidazole rings is 1. The Morgan fingerprint density at radius 1 is 1.08 bits per heavy atom. The Bertz CT molecular complexity index is 1930. The first-order valence-electron chi connectivity index (χ1n) is 16.4. The third kappa shape index (κ3) is 7.46. The molecule has 2 aliphatic heterocycles. The molecule has 1 saturated heterocycles. The smallest absolute Gasteiger partial charge is 0.291 e. The summed E-state index contributed by atoms with van der Waals surface area (Å²) < 4.78 is 7.38. The van der Waals surface area contributed by atoms with Crippen LogP contribution in [0.3, 0.4) is 0 Å². The summed E-state index contributed by atoms with van der Waals surface area (Å²) in [7, 11) is 5.18. The highest BCUT2D eigenvalue weighted by Gasteiger charge is 2.28. The molecule has 0 aliphatic carbocycles. The number of carbonyl (C=O) groups is 3. The lowest BCUT2D eigenvalue weighted by molar-refractivity contribution is -0.132. The second-order valence-corrected chi connectivity index (χ2v) is 13.0. The SMILES string of the molecule is CNCCC(=O)N1CCc2c(nc(C(=O)Nc3cccc(-c4nccc(-c5ccc(CNCC6CCC(=O)N6)c(OC)n5)c4Cl)c3Cl)n2C)C1. The quantitative estimate of drug-likeness (QED) is 0.170.